The van der Waals surface area contributed by atoms with Gasteiger partial charge in [-0.15, -0.1) is 0 Å². The molecule has 6 aliphatic rings. The van der Waals surface area contributed by atoms with Gasteiger partial charge in [0.15, 0.2) is 0 Å². The molecule has 7 rings (SSSR count). The second-order valence-electron chi connectivity index (χ2n) is 39.7. The van der Waals surface area contributed by atoms with Crippen molar-refractivity contribution in [2.24, 2.45) is 94.9 Å². The Morgan fingerprint density at radius 1 is 0.444 bits per heavy atom. The maximum Gasteiger partial charge on any atom is 0.407 e. The molecular formula is C79H133N11O9. The Balaban J connectivity index is 1.21. The van der Waals surface area contributed by atoms with Crippen LogP contribution in [0.2, 0.25) is 0 Å². The maximum absolute atomic E-state index is 16.1. The van der Waals surface area contributed by atoms with Gasteiger partial charge in [-0.2, -0.15) is 5.48 Å². The third kappa shape index (κ3) is 23.6. The highest BCUT2D eigenvalue weighted by molar-refractivity contribution is 5.68. The van der Waals surface area contributed by atoms with Gasteiger partial charge < -0.3 is 30.1 Å². The first-order chi connectivity index (χ1) is 45.7. The molecule has 20 heteroatoms. The van der Waals surface area contributed by atoms with Gasteiger partial charge in [-0.3, -0.25) is 18.7 Å². The van der Waals surface area contributed by atoms with Crippen LogP contribution in [-0.2, 0) is 19.1 Å². The molecule has 1 aromatic rings. The van der Waals surface area contributed by atoms with Gasteiger partial charge in [-0.1, -0.05) is 151 Å². The quantitative estimate of drug-likeness (QED) is 0.0312. The van der Waals surface area contributed by atoms with E-state index in [1.165, 1.54) is 6.92 Å². The number of nitrogens with zero attached hydrogens (tertiary/aromatic N) is 8. The zero-order valence-electron chi connectivity index (χ0n) is 65.5. The Morgan fingerprint density at radius 3 is 1.12 bits per heavy atom. The normalized spacial score (nSPS) is 33.3. The van der Waals surface area contributed by atoms with Gasteiger partial charge >= 0.3 is 23.8 Å². The number of unbranched alkanes of at least 4 members (excludes halogenated alkanes) is 2. The van der Waals surface area contributed by atoms with E-state index in [1.807, 2.05) is 0 Å². The van der Waals surface area contributed by atoms with Crippen molar-refractivity contribution < 1.29 is 33.8 Å². The molecule has 12 unspecified atom stereocenters. The van der Waals surface area contributed by atoms with Crippen molar-refractivity contribution in [3.8, 4) is 5.88 Å². The molecular weight excluding hydrogens is 1250 g/mol. The van der Waals surface area contributed by atoms with Crippen LogP contribution < -0.4 is 27.4 Å². The van der Waals surface area contributed by atoms with Crippen LogP contribution in [0, 0.1) is 65.0 Å². The van der Waals surface area contributed by atoms with Crippen LogP contribution in [0.15, 0.2) is 39.5 Å². The van der Waals surface area contributed by atoms with Gasteiger partial charge in [-0.05, 0) is 199 Å². The van der Waals surface area contributed by atoms with Crippen LogP contribution in [0.25, 0.3) is 0 Å². The number of rotatable bonds is 25. The molecule has 20 nitrogen and oxygen atoms in total. The molecule has 2 amide bonds. The number of carbonyl (C=O) groups is 3. The summed E-state index contributed by atoms with van der Waals surface area (Å²) in [6.07, 6.45) is 16.4. The van der Waals surface area contributed by atoms with Crippen molar-refractivity contribution in [1.82, 2.24) is 25.2 Å². The fraction of sp³-hybridized carbons (Fsp3) is 0.873. The SMILES string of the molecule is CCCCOC(=O)NC1CC(C)(C)CC(C)(CN=C=NCC2(C)CC(c3c(O)n(C4CC(C)(C)CC(C)(CN=C=NCC5(C)CC(NC(=O)OCCCC)CC(C)(C)C5)C4)c(=O)n(C4CC(C)(C)CC(C)(CN=C=NCC5(C)CC(NOC(C)=O)CC(C)(C)C5)C4)c3=O)CC(C)(C)C2)C1. The van der Waals surface area contributed by atoms with E-state index >= 15 is 9.59 Å². The number of hydrogen-bond acceptors (Lipinski definition) is 16. The molecule has 0 bridgehead atoms. The lowest BCUT2D eigenvalue weighted by molar-refractivity contribution is -0.152. The Hall–Kier alpha value is -5.41. The van der Waals surface area contributed by atoms with E-state index in [4.69, 9.17) is 44.3 Å². The highest BCUT2D eigenvalue weighted by atomic mass is 16.7. The molecule has 6 fully saturated rings. The highest BCUT2D eigenvalue weighted by Gasteiger charge is 2.50. The predicted octanol–water partition coefficient (Wildman–Crippen LogP) is 16.9. The minimum Gasteiger partial charge on any atom is -0.494 e. The van der Waals surface area contributed by atoms with E-state index < -0.39 is 45.5 Å². The molecule has 1 heterocycles. The summed E-state index contributed by atoms with van der Waals surface area (Å²) >= 11 is 0. The number of aromatic hydroxyl groups is 1. The molecule has 0 aromatic carbocycles. The highest BCUT2D eigenvalue weighted by Crippen LogP contribution is 2.57. The number of hydroxylamine groups is 1. The maximum atomic E-state index is 16.1. The lowest BCUT2D eigenvalue weighted by atomic mass is 9.59. The van der Waals surface area contributed by atoms with Crippen LogP contribution in [0.4, 0.5) is 9.59 Å². The van der Waals surface area contributed by atoms with Gasteiger partial charge in [0, 0.05) is 37.1 Å². The monoisotopic (exact) mass is 1380 g/mol. The minimum absolute atomic E-state index is 0.000701. The Kier molecular flexibility index (Phi) is 25.9. The first-order valence-electron chi connectivity index (χ1n) is 37.9. The minimum atomic E-state index is -0.501. The molecule has 6 aliphatic carbocycles. The molecule has 558 valence electrons. The van der Waals surface area contributed by atoms with Gasteiger partial charge in [-0.25, -0.2) is 44.3 Å². The molecule has 0 spiro atoms. The van der Waals surface area contributed by atoms with Crippen molar-refractivity contribution in [3.63, 3.8) is 0 Å². The van der Waals surface area contributed by atoms with Crippen molar-refractivity contribution >= 4 is 36.2 Å². The van der Waals surface area contributed by atoms with E-state index in [0.29, 0.717) is 96.6 Å². The van der Waals surface area contributed by atoms with Crippen LogP contribution in [-0.4, -0.2) is 121 Å². The summed E-state index contributed by atoms with van der Waals surface area (Å²) in [7, 11) is 0. The Bertz CT molecular complexity index is 3170. The third-order valence-corrected chi connectivity index (χ3v) is 22.8. The van der Waals surface area contributed by atoms with Gasteiger partial charge in [0.2, 0.25) is 5.88 Å². The first kappa shape index (κ1) is 80.9. The summed E-state index contributed by atoms with van der Waals surface area (Å²) in [4.78, 5) is 104. The molecule has 0 aliphatic heterocycles. The molecule has 0 radical (unpaired) electrons. The summed E-state index contributed by atoms with van der Waals surface area (Å²) < 4.78 is 14.2. The molecule has 4 N–H and O–H groups in total. The molecule has 1 aromatic heterocycles. The van der Waals surface area contributed by atoms with Crippen LogP contribution in [0.5, 0.6) is 5.88 Å². The summed E-state index contributed by atoms with van der Waals surface area (Å²) in [5.41, 5.74) is -0.348. The Labute approximate surface area is 595 Å². The summed E-state index contributed by atoms with van der Waals surface area (Å²) in [5, 5.41) is 19.5. The first-order valence-corrected chi connectivity index (χ1v) is 37.9. The molecule has 99 heavy (non-hydrogen) atoms. The Morgan fingerprint density at radius 2 is 0.758 bits per heavy atom. The second-order valence-corrected chi connectivity index (χ2v) is 39.7. The van der Waals surface area contributed by atoms with Crippen LogP contribution in [0.3, 0.4) is 0 Å². The predicted molar refractivity (Wildman–Crippen MR) is 396 cm³/mol. The molecule has 6 saturated carbocycles. The van der Waals surface area contributed by atoms with Crippen molar-refractivity contribution in [1.29, 1.82) is 0 Å². The number of hydrogen-bond donors (Lipinski definition) is 4. The fourth-order valence-corrected chi connectivity index (χ4v) is 21.6. The zero-order chi connectivity index (χ0) is 73.5. The number of amides is 2. The number of aliphatic imine (C=N–C) groups is 6. The number of nitrogens with one attached hydrogen (secondary N) is 3. The molecule has 0 saturated heterocycles. The van der Waals surface area contributed by atoms with Crippen molar-refractivity contribution in [3.05, 3.63) is 26.4 Å². The van der Waals surface area contributed by atoms with Gasteiger partial charge in [0.25, 0.3) is 5.56 Å². The third-order valence-electron chi connectivity index (χ3n) is 22.8. The smallest absolute Gasteiger partial charge is 0.407 e. The topological polar surface area (TPSA) is 253 Å². The molecule has 12 atom stereocenters. The van der Waals surface area contributed by atoms with E-state index in [2.05, 4.69) is 173 Å². The largest absolute Gasteiger partial charge is 0.494 e. The van der Waals surface area contributed by atoms with E-state index in [9.17, 15) is 19.5 Å². The number of ether oxygens (including phenoxy) is 2. The van der Waals surface area contributed by atoms with Crippen molar-refractivity contribution in [2.45, 2.75) is 323 Å². The number of aromatic nitrogens is 2. The lowest BCUT2D eigenvalue weighted by Crippen LogP contribution is -2.51. The summed E-state index contributed by atoms with van der Waals surface area (Å²) in [6, 6.07) is 8.25. The summed E-state index contributed by atoms with van der Waals surface area (Å²) in [5.74, 6) is -1.01. The van der Waals surface area contributed by atoms with E-state index in [1.54, 1.807) is 9.13 Å². The van der Waals surface area contributed by atoms with Crippen molar-refractivity contribution in [2.75, 3.05) is 52.5 Å². The second kappa shape index (κ2) is 31.7. The fourth-order valence-electron chi connectivity index (χ4n) is 21.6. The van der Waals surface area contributed by atoms with E-state index in [0.717, 1.165) is 103 Å². The average Bonchev–Trinajstić information content (AvgIpc) is 0.728. The van der Waals surface area contributed by atoms with Crippen LogP contribution >= 0.6 is 0 Å². The van der Waals surface area contributed by atoms with Gasteiger partial charge in [0.05, 0.1) is 76.1 Å². The number of alkyl carbamates (subject to hydrolysis) is 2. The number of carbonyl (C=O) groups excluding carboxylic acids is 3. The van der Waals surface area contributed by atoms with Crippen LogP contribution in [0.1, 0.15) is 310 Å². The summed E-state index contributed by atoms with van der Waals surface area (Å²) in [6.45, 7) is 49.3. The van der Waals surface area contributed by atoms with E-state index in [-0.39, 0.29) is 90.9 Å². The average molecular weight is 1380 g/mol. The standard InChI is InChI=1S/C79H133N11O9/c1-22-24-26-97-65(94)86-57-30-69(6,7)41-75(17,33-57)47-81-52-80-46-74(16)29-56(28-68(4,5)40-74)62-63(92)89(60-36-72(12,13)44-78(20,38-60)50-84-53-82-48-76(18)34-58(31-70(8,9)42-76)87-66(95)98-27-25-23-2)67(96)90(64(62)93)61-37-73(14,15)45-79(21,39-61)51-85-54-83-49-77(19)35-59(88-99-55(3)91)32-71(10,11)43-77/h56-61,88,92H,22-51H2,1-21H3,(H,86,94)(H,87,95). The lowest BCUT2D eigenvalue weighted by Gasteiger charge is -2.48. The van der Waals surface area contributed by atoms with Gasteiger partial charge in [0.1, 0.15) is 0 Å². The zero-order valence-corrected chi connectivity index (χ0v) is 65.5.